The van der Waals surface area contributed by atoms with Gasteiger partial charge in [-0.2, -0.15) is 0 Å². The number of carbonyl (C=O) groups excluding carboxylic acids is 1. The summed E-state index contributed by atoms with van der Waals surface area (Å²) in [7, 11) is 0. The molecule has 5 heteroatoms. The Kier molecular flexibility index (Phi) is 3.46. The maximum absolute atomic E-state index is 12.2. The van der Waals surface area contributed by atoms with Crippen LogP contribution in [0.15, 0.2) is 29.1 Å². The van der Waals surface area contributed by atoms with E-state index >= 15 is 0 Å². The van der Waals surface area contributed by atoms with Crippen molar-refractivity contribution in [3.05, 3.63) is 45.9 Å². The SMILES string of the molecule is O=C(NCc1cscn1)c1cccc2c1CCCN2. The van der Waals surface area contributed by atoms with Crippen molar-refractivity contribution >= 4 is 22.9 Å². The Balaban J connectivity index is 1.76. The van der Waals surface area contributed by atoms with E-state index in [-0.39, 0.29) is 5.91 Å². The monoisotopic (exact) mass is 273 g/mol. The van der Waals surface area contributed by atoms with Crippen LogP contribution in [0.3, 0.4) is 0 Å². The fourth-order valence-electron chi connectivity index (χ4n) is 2.31. The van der Waals surface area contributed by atoms with Gasteiger partial charge in [-0.3, -0.25) is 4.79 Å². The molecule has 0 bridgehead atoms. The van der Waals surface area contributed by atoms with E-state index in [1.807, 2.05) is 23.6 Å². The lowest BCUT2D eigenvalue weighted by Crippen LogP contribution is -2.25. The van der Waals surface area contributed by atoms with Crippen molar-refractivity contribution < 1.29 is 4.79 Å². The number of rotatable bonds is 3. The lowest BCUT2D eigenvalue weighted by molar-refractivity contribution is 0.0949. The Bertz CT molecular complexity index is 580. The fourth-order valence-corrected chi connectivity index (χ4v) is 2.87. The Morgan fingerprint density at radius 1 is 1.47 bits per heavy atom. The molecule has 2 aromatic rings. The second-order valence-corrected chi connectivity index (χ2v) is 5.24. The third-order valence-corrected chi connectivity index (χ3v) is 3.89. The average Bonchev–Trinajstić information content (AvgIpc) is 2.97. The summed E-state index contributed by atoms with van der Waals surface area (Å²) in [5.74, 6) is -0.0199. The lowest BCUT2D eigenvalue weighted by Gasteiger charge is -2.20. The summed E-state index contributed by atoms with van der Waals surface area (Å²) in [4.78, 5) is 16.4. The molecule has 1 aliphatic heterocycles. The number of fused-ring (bicyclic) bond motifs is 1. The van der Waals surface area contributed by atoms with E-state index in [4.69, 9.17) is 0 Å². The van der Waals surface area contributed by atoms with Crippen LogP contribution in [-0.4, -0.2) is 17.4 Å². The lowest BCUT2D eigenvalue weighted by atomic mass is 9.97. The van der Waals surface area contributed by atoms with Gasteiger partial charge < -0.3 is 10.6 Å². The molecule has 0 aliphatic carbocycles. The number of carbonyl (C=O) groups is 1. The molecule has 1 aromatic carbocycles. The normalized spacial score (nSPS) is 13.5. The van der Waals surface area contributed by atoms with Crippen LogP contribution in [0.5, 0.6) is 0 Å². The highest BCUT2D eigenvalue weighted by atomic mass is 32.1. The van der Waals surface area contributed by atoms with Crippen LogP contribution in [0.4, 0.5) is 5.69 Å². The molecule has 0 radical (unpaired) electrons. The van der Waals surface area contributed by atoms with Gasteiger partial charge in [-0.15, -0.1) is 11.3 Å². The van der Waals surface area contributed by atoms with Gasteiger partial charge in [0, 0.05) is 23.2 Å². The number of hydrogen-bond acceptors (Lipinski definition) is 4. The van der Waals surface area contributed by atoms with Crippen LogP contribution in [0.25, 0.3) is 0 Å². The number of thiazole rings is 1. The second-order valence-electron chi connectivity index (χ2n) is 4.52. The summed E-state index contributed by atoms with van der Waals surface area (Å²) >= 11 is 1.54. The van der Waals surface area contributed by atoms with E-state index in [1.54, 1.807) is 5.51 Å². The summed E-state index contributed by atoms with van der Waals surface area (Å²) < 4.78 is 0. The molecule has 0 saturated carbocycles. The summed E-state index contributed by atoms with van der Waals surface area (Å²) in [6.45, 7) is 1.47. The van der Waals surface area contributed by atoms with Gasteiger partial charge in [-0.25, -0.2) is 4.98 Å². The zero-order valence-corrected chi connectivity index (χ0v) is 11.3. The number of nitrogens with one attached hydrogen (secondary N) is 2. The third kappa shape index (κ3) is 2.61. The highest BCUT2D eigenvalue weighted by molar-refractivity contribution is 7.07. The summed E-state index contributed by atoms with van der Waals surface area (Å²) in [6.07, 6.45) is 2.03. The molecule has 0 fully saturated rings. The Hall–Kier alpha value is -1.88. The molecular formula is C14H15N3OS. The zero-order chi connectivity index (χ0) is 13.1. The van der Waals surface area contributed by atoms with Gasteiger partial charge in [0.25, 0.3) is 5.91 Å². The van der Waals surface area contributed by atoms with Crippen molar-refractivity contribution in [1.29, 1.82) is 0 Å². The molecule has 0 atom stereocenters. The zero-order valence-electron chi connectivity index (χ0n) is 10.5. The van der Waals surface area contributed by atoms with Crippen molar-refractivity contribution in [2.24, 2.45) is 0 Å². The van der Waals surface area contributed by atoms with Crippen LogP contribution < -0.4 is 10.6 Å². The summed E-state index contributed by atoms with van der Waals surface area (Å²) in [5.41, 5.74) is 5.67. The van der Waals surface area contributed by atoms with Crippen molar-refractivity contribution in [3.63, 3.8) is 0 Å². The van der Waals surface area contributed by atoms with E-state index < -0.39 is 0 Å². The molecule has 4 nitrogen and oxygen atoms in total. The minimum atomic E-state index is -0.0199. The van der Waals surface area contributed by atoms with Crippen molar-refractivity contribution in [1.82, 2.24) is 10.3 Å². The topological polar surface area (TPSA) is 54.0 Å². The second kappa shape index (κ2) is 5.40. The molecule has 1 aromatic heterocycles. The van der Waals surface area contributed by atoms with Crippen LogP contribution in [0.2, 0.25) is 0 Å². The number of nitrogens with zero attached hydrogens (tertiary/aromatic N) is 1. The van der Waals surface area contributed by atoms with E-state index in [0.29, 0.717) is 6.54 Å². The van der Waals surface area contributed by atoms with Gasteiger partial charge in [-0.1, -0.05) is 6.07 Å². The highest BCUT2D eigenvalue weighted by Crippen LogP contribution is 2.25. The molecule has 98 valence electrons. The maximum Gasteiger partial charge on any atom is 0.251 e. The summed E-state index contributed by atoms with van der Waals surface area (Å²) in [6, 6.07) is 5.85. The van der Waals surface area contributed by atoms with Gasteiger partial charge in [0.05, 0.1) is 17.7 Å². The van der Waals surface area contributed by atoms with Gasteiger partial charge >= 0.3 is 0 Å². The van der Waals surface area contributed by atoms with Gasteiger partial charge in [-0.05, 0) is 30.5 Å². The first kappa shape index (κ1) is 12.2. The third-order valence-electron chi connectivity index (χ3n) is 3.25. The van der Waals surface area contributed by atoms with Crippen molar-refractivity contribution in [2.45, 2.75) is 19.4 Å². The molecule has 3 rings (SSSR count). The van der Waals surface area contributed by atoms with Crippen LogP contribution >= 0.6 is 11.3 Å². The number of amides is 1. The molecule has 0 saturated heterocycles. The molecule has 2 N–H and O–H groups in total. The number of aromatic nitrogens is 1. The number of benzene rings is 1. The number of hydrogen-bond donors (Lipinski definition) is 2. The van der Waals surface area contributed by atoms with E-state index in [2.05, 4.69) is 15.6 Å². The number of anilines is 1. The van der Waals surface area contributed by atoms with Gasteiger partial charge in [0.15, 0.2) is 0 Å². The van der Waals surface area contributed by atoms with E-state index in [0.717, 1.165) is 41.9 Å². The van der Waals surface area contributed by atoms with Crippen molar-refractivity contribution in [3.8, 4) is 0 Å². The molecule has 0 unspecified atom stereocenters. The Morgan fingerprint density at radius 2 is 2.42 bits per heavy atom. The molecule has 1 amide bonds. The predicted molar refractivity (Wildman–Crippen MR) is 76.5 cm³/mol. The Labute approximate surface area is 115 Å². The van der Waals surface area contributed by atoms with Crippen LogP contribution in [0.1, 0.15) is 28.0 Å². The highest BCUT2D eigenvalue weighted by Gasteiger charge is 2.17. The van der Waals surface area contributed by atoms with E-state index in [9.17, 15) is 4.79 Å². The smallest absolute Gasteiger partial charge is 0.251 e. The average molecular weight is 273 g/mol. The van der Waals surface area contributed by atoms with Gasteiger partial charge in [0.1, 0.15) is 0 Å². The van der Waals surface area contributed by atoms with Crippen molar-refractivity contribution in [2.75, 3.05) is 11.9 Å². The predicted octanol–water partition coefficient (Wildman–Crippen LogP) is 2.43. The summed E-state index contributed by atoms with van der Waals surface area (Å²) in [5, 5.41) is 8.21. The molecule has 1 aliphatic rings. The fraction of sp³-hybridized carbons (Fsp3) is 0.286. The molecule has 19 heavy (non-hydrogen) atoms. The van der Waals surface area contributed by atoms with Crippen LogP contribution in [-0.2, 0) is 13.0 Å². The minimum absolute atomic E-state index is 0.0199. The molecule has 2 heterocycles. The molecule has 0 spiro atoms. The Morgan fingerprint density at radius 3 is 3.26 bits per heavy atom. The van der Waals surface area contributed by atoms with Gasteiger partial charge in [0.2, 0.25) is 0 Å². The van der Waals surface area contributed by atoms with Crippen LogP contribution in [0, 0.1) is 0 Å². The largest absolute Gasteiger partial charge is 0.385 e. The first-order valence-electron chi connectivity index (χ1n) is 6.35. The molecular weight excluding hydrogens is 258 g/mol. The first-order valence-corrected chi connectivity index (χ1v) is 7.30. The first-order chi connectivity index (χ1) is 9.34. The quantitative estimate of drug-likeness (QED) is 0.903. The minimum Gasteiger partial charge on any atom is -0.385 e. The standard InChI is InChI=1S/C14H15N3OS/c18-14(16-7-10-8-19-9-17-10)12-3-1-5-13-11(12)4-2-6-15-13/h1,3,5,8-9,15H,2,4,6-7H2,(H,16,18). The maximum atomic E-state index is 12.2. The van der Waals surface area contributed by atoms with E-state index in [1.165, 1.54) is 11.3 Å².